The van der Waals surface area contributed by atoms with E-state index in [0.717, 1.165) is 11.1 Å². The second-order valence-corrected chi connectivity index (χ2v) is 6.18. The number of aryl methyl sites for hydroxylation is 2. The SMILES string of the molecule is Cc1ccc(C)c(C(=O)O[C@H](C)C(=O)Nc2ncc(Cl)cc2Cl)c1. The number of anilines is 1. The maximum absolute atomic E-state index is 12.2. The largest absolute Gasteiger partial charge is 0.449 e. The number of halogens is 2. The van der Waals surface area contributed by atoms with Gasteiger partial charge < -0.3 is 10.1 Å². The Morgan fingerprint density at radius 2 is 1.92 bits per heavy atom. The molecule has 2 rings (SSSR count). The first kappa shape index (κ1) is 18.2. The molecule has 126 valence electrons. The van der Waals surface area contributed by atoms with Crippen LogP contribution >= 0.6 is 23.2 Å². The average molecular weight is 367 g/mol. The Morgan fingerprint density at radius 1 is 1.21 bits per heavy atom. The molecular weight excluding hydrogens is 351 g/mol. The molecule has 1 heterocycles. The standard InChI is InChI=1S/C17H16Cl2N2O3/c1-9-4-5-10(2)13(6-9)17(23)24-11(3)16(22)21-15-14(19)7-12(18)8-20-15/h4-8,11H,1-3H3,(H,20,21,22)/t11-/m1/s1. The van der Waals surface area contributed by atoms with E-state index in [1.54, 1.807) is 13.0 Å². The quantitative estimate of drug-likeness (QED) is 0.823. The van der Waals surface area contributed by atoms with Gasteiger partial charge in [-0.1, -0.05) is 40.9 Å². The predicted octanol–water partition coefficient (Wildman–Crippen LogP) is 4.19. The van der Waals surface area contributed by atoms with Crippen LogP contribution in [0.2, 0.25) is 10.0 Å². The summed E-state index contributed by atoms with van der Waals surface area (Å²) in [6.07, 6.45) is 0.349. The molecule has 5 nitrogen and oxygen atoms in total. The van der Waals surface area contributed by atoms with Crippen LogP contribution in [0, 0.1) is 13.8 Å². The van der Waals surface area contributed by atoms with E-state index in [0.29, 0.717) is 10.6 Å². The fraction of sp³-hybridized carbons (Fsp3) is 0.235. The molecule has 2 aromatic rings. The van der Waals surface area contributed by atoms with Gasteiger partial charge in [0.25, 0.3) is 5.91 Å². The Hall–Kier alpha value is -2.11. The van der Waals surface area contributed by atoms with E-state index in [9.17, 15) is 9.59 Å². The third kappa shape index (κ3) is 4.46. The van der Waals surface area contributed by atoms with Gasteiger partial charge in [-0.2, -0.15) is 0 Å². The van der Waals surface area contributed by atoms with Crippen LogP contribution in [0.4, 0.5) is 5.82 Å². The van der Waals surface area contributed by atoms with Gasteiger partial charge in [-0.25, -0.2) is 9.78 Å². The van der Waals surface area contributed by atoms with Gasteiger partial charge in [-0.3, -0.25) is 4.79 Å². The fourth-order valence-corrected chi connectivity index (χ4v) is 2.39. The number of nitrogens with zero attached hydrogens (tertiary/aromatic N) is 1. The highest BCUT2D eigenvalue weighted by atomic mass is 35.5. The smallest absolute Gasteiger partial charge is 0.339 e. The summed E-state index contributed by atoms with van der Waals surface area (Å²) in [5.41, 5.74) is 2.14. The predicted molar refractivity (Wildman–Crippen MR) is 93.7 cm³/mol. The summed E-state index contributed by atoms with van der Waals surface area (Å²) in [7, 11) is 0. The lowest BCUT2D eigenvalue weighted by Gasteiger charge is -2.15. The minimum Gasteiger partial charge on any atom is -0.449 e. The van der Waals surface area contributed by atoms with Crippen molar-refractivity contribution in [2.24, 2.45) is 0 Å². The number of benzene rings is 1. The number of hydrogen-bond donors (Lipinski definition) is 1. The third-order valence-electron chi connectivity index (χ3n) is 3.32. The van der Waals surface area contributed by atoms with E-state index in [1.807, 2.05) is 19.1 Å². The molecule has 0 saturated heterocycles. The van der Waals surface area contributed by atoms with Gasteiger partial charge in [0.2, 0.25) is 0 Å². The number of carbonyl (C=O) groups excluding carboxylic acids is 2. The molecule has 1 atom stereocenters. The molecule has 0 aliphatic carbocycles. The summed E-state index contributed by atoms with van der Waals surface area (Å²) in [5, 5.41) is 3.05. The minimum absolute atomic E-state index is 0.153. The van der Waals surface area contributed by atoms with Crippen molar-refractivity contribution in [1.29, 1.82) is 0 Å². The van der Waals surface area contributed by atoms with E-state index in [4.69, 9.17) is 27.9 Å². The Bertz CT molecular complexity index is 793. The van der Waals surface area contributed by atoms with Crippen LogP contribution in [-0.2, 0) is 9.53 Å². The van der Waals surface area contributed by atoms with E-state index < -0.39 is 18.0 Å². The van der Waals surface area contributed by atoms with Crippen molar-refractivity contribution in [2.75, 3.05) is 5.32 Å². The van der Waals surface area contributed by atoms with E-state index >= 15 is 0 Å². The summed E-state index contributed by atoms with van der Waals surface area (Å²) in [6, 6.07) is 6.91. The molecule has 1 N–H and O–H groups in total. The molecule has 0 aliphatic heterocycles. The van der Waals surface area contributed by atoms with Crippen molar-refractivity contribution in [3.63, 3.8) is 0 Å². The molecule has 0 aliphatic rings. The zero-order chi connectivity index (χ0) is 17.9. The number of pyridine rings is 1. The molecular formula is C17H16Cl2N2O3. The fourth-order valence-electron chi connectivity index (χ4n) is 1.96. The number of nitrogens with one attached hydrogen (secondary N) is 1. The molecule has 1 amide bonds. The van der Waals surface area contributed by atoms with E-state index in [-0.39, 0.29) is 10.8 Å². The van der Waals surface area contributed by atoms with Gasteiger partial charge in [0.1, 0.15) is 0 Å². The van der Waals surface area contributed by atoms with Crippen molar-refractivity contribution in [1.82, 2.24) is 4.98 Å². The lowest BCUT2D eigenvalue weighted by Crippen LogP contribution is -2.30. The van der Waals surface area contributed by atoms with Crippen LogP contribution < -0.4 is 5.32 Å². The molecule has 1 aromatic carbocycles. The van der Waals surface area contributed by atoms with Gasteiger partial charge in [0.05, 0.1) is 15.6 Å². The van der Waals surface area contributed by atoms with Crippen molar-refractivity contribution in [2.45, 2.75) is 26.9 Å². The molecule has 24 heavy (non-hydrogen) atoms. The highest BCUT2D eigenvalue weighted by molar-refractivity contribution is 6.36. The molecule has 0 bridgehead atoms. The van der Waals surface area contributed by atoms with Gasteiger partial charge in [0, 0.05) is 6.20 Å². The van der Waals surface area contributed by atoms with Crippen LogP contribution in [0.3, 0.4) is 0 Å². The first-order valence-corrected chi connectivity index (χ1v) is 7.93. The second kappa shape index (κ2) is 7.64. The zero-order valence-corrected chi connectivity index (χ0v) is 14.9. The summed E-state index contributed by atoms with van der Waals surface area (Å²) in [4.78, 5) is 28.3. The van der Waals surface area contributed by atoms with Gasteiger partial charge in [0.15, 0.2) is 11.9 Å². The molecule has 7 heteroatoms. The first-order valence-electron chi connectivity index (χ1n) is 7.18. The monoisotopic (exact) mass is 366 g/mol. The highest BCUT2D eigenvalue weighted by Crippen LogP contribution is 2.22. The summed E-state index contributed by atoms with van der Waals surface area (Å²) in [6.45, 7) is 5.15. The number of ether oxygens (including phenoxy) is 1. The maximum atomic E-state index is 12.2. The van der Waals surface area contributed by atoms with Crippen LogP contribution in [0.15, 0.2) is 30.5 Å². The second-order valence-electron chi connectivity index (χ2n) is 5.34. The lowest BCUT2D eigenvalue weighted by molar-refractivity contribution is -0.123. The Balaban J connectivity index is 2.05. The van der Waals surface area contributed by atoms with Gasteiger partial charge in [-0.05, 0) is 38.5 Å². The number of esters is 1. The Labute approximate surface area is 149 Å². The van der Waals surface area contributed by atoms with Crippen LogP contribution in [-0.4, -0.2) is 23.0 Å². The normalized spacial score (nSPS) is 11.7. The molecule has 0 fully saturated rings. The Morgan fingerprint density at radius 3 is 2.58 bits per heavy atom. The maximum Gasteiger partial charge on any atom is 0.339 e. The van der Waals surface area contributed by atoms with Gasteiger partial charge >= 0.3 is 5.97 Å². The number of amides is 1. The topological polar surface area (TPSA) is 68.3 Å². The highest BCUT2D eigenvalue weighted by Gasteiger charge is 2.21. The minimum atomic E-state index is -1.01. The molecule has 0 unspecified atom stereocenters. The number of aromatic nitrogens is 1. The van der Waals surface area contributed by atoms with Crippen LogP contribution in [0.25, 0.3) is 0 Å². The summed E-state index contributed by atoms with van der Waals surface area (Å²) in [5.74, 6) is -0.944. The third-order valence-corrected chi connectivity index (χ3v) is 3.81. The van der Waals surface area contributed by atoms with Crippen molar-refractivity contribution in [3.05, 3.63) is 57.2 Å². The van der Waals surface area contributed by atoms with Gasteiger partial charge in [-0.15, -0.1) is 0 Å². The number of carbonyl (C=O) groups is 2. The van der Waals surface area contributed by atoms with Crippen molar-refractivity contribution >= 4 is 40.9 Å². The molecule has 0 radical (unpaired) electrons. The number of hydrogen-bond acceptors (Lipinski definition) is 4. The van der Waals surface area contributed by atoms with E-state index in [1.165, 1.54) is 19.2 Å². The average Bonchev–Trinajstić information content (AvgIpc) is 2.52. The molecule has 0 saturated carbocycles. The Kier molecular flexibility index (Phi) is 5.80. The first-order chi connectivity index (χ1) is 11.3. The van der Waals surface area contributed by atoms with E-state index in [2.05, 4.69) is 10.3 Å². The van der Waals surface area contributed by atoms with Crippen molar-refractivity contribution < 1.29 is 14.3 Å². The summed E-state index contributed by atoms with van der Waals surface area (Å²) < 4.78 is 5.22. The summed E-state index contributed by atoms with van der Waals surface area (Å²) >= 11 is 11.7. The van der Waals surface area contributed by atoms with Crippen LogP contribution in [0.5, 0.6) is 0 Å². The molecule has 0 spiro atoms. The molecule has 1 aromatic heterocycles. The number of rotatable bonds is 4. The lowest BCUT2D eigenvalue weighted by atomic mass is 10.1. The zero-order valence-electron chi connectivity index (χ0n) is 13.4. The van der Waals surface area contributed by atoms with Crippen LogP contribution in [0.1, 0.15) is 28.4 Å². The van der Waals surface area contributed by atoms with Crippen molar-refractivity contribution in [3.8, 4) is 0 Å².